The second-order valence-electron chi connectivity index (χ2n) is 3.74. The fraction of sp³-hybridized carbons (Fsp3) is 0.700. The average Bonchev–Trinajstić information content (AvgIpc) is 2.10. The van der Waals surface area contributed by atoms with Crippen molar-refractivity contribution in [2.24, 2.45) is 0 Å². The maximum atomic E-state index is 11.3. The zero-order valence-electron chi connectivity index (χ0n) is 9.33. The zero-order valence-corrected chi connectivity index (χ0v) is 9.33. The molecule has 4 nitrogen and oxygen atoms in total. The topological polar surface area (TPSA) is 49.8 Å². The standard InChI is InChI=1S/C10H19NO3/c1-8(10(2,3)13)6-7-9(12)11(4)14-5/h13H,1,6-7H2,2-5H3. The van der Waals surface area contributed by atoms with Crippen molar-refractivity contribution >= 4 is 5.91 Å². The fourth-order valence-electron chi connectivity index (χ4n) is 0.823. The summed E-state index contributed by atoms with van der Waals surface area (Å²) >= 11 is 0. The Morgan fingerprint density at radius 2 is 2.00 bits per heavy atom. The van der Waals surface area contributed by atoms with Gasteiger partial charge in [-0.15, -0.1) is 0 Å². The monoisotopic (exact) mass is 201 g/mol. The molecule has 0 radical (unpaired) electrons. The summed E-state index contributed by atoms with van der Waals surface area (Å²) in [5, 5.41) is 10.7. The Balaban J connectivity index is 3.96. The first-order valence-corrected chi connectivity index (χ1v) is 4.50. The van der Waals surface area contributed by atoms with Crippen LogP contribution in [0.25, 0.3) is 0 Å². The number of carbonyl (C=O) groups excluding carboxylic acids is 1. The van der Waals surface area contributed by atoms with Crippen molar-refractivity contribution in [3.8, 4) is 0 Å². The third-order valence-corrected chi connectivity index (χ3v) is 2.13. The van der Waals surface area contributed by atoms with Crippen molar-refractivity contribution in [1.29, 1.82) is 0 Å². The van der Waals surface area contributed by atoms with Crippen LogP contribution < -0.4 is 0 Å². The van der Waals surface area contributed by atoms with E-state index < -0.39 is 5.60 Å². The highest BCUT2D eigenvalue weighted by molar-refractivity contribution is 5.75. The first kappa shape index (κ1) is 13.1. The minimum Gasteiger partial charge on any atom is -0.386 e. The number of carbonyl (C=O) groups is 1. The van der Waals surface area contributed by atoms with Gasteiger partial charge in [0, 0.05) is 13.5 Å². The van der Waals surface area contributed by atoms with Gasteiger partial charge in [-0.3, -0.25) is 9.63 Å². The van der Waals surface area contributed by atoms with Crippen LogP contribution in [0, 0.1) is 0 Å². The molecule has 82 valence electrons. The molecule has 4 heteroatoms. The molecule has 1 N–H and O–H groups in total. The van der Waals surface area contributed by atoms with E-state index in [1.54, 1.807) is 20.9 Å². The van der Waals surface area contributed by atoms with Gasteiger partial charge in [-0.2, -0.15) is 0 Å². The van der Waals surface area contributed by atoms with Gasteiger partial charge in [0.1, 0.15) is 0 Å². The van der Waals surface area contributed by atoms with Crippen LogP contribution in [0.4, 0.5) is 0 Å². The Hall–Kier alpha value is -0.870. The summed E-state index contributed by atoms with van der Waals surface area (Å²) in [6.45, 7) is 7.03. The van der Waals surface area contributed by atoms with Crippen LogP contribution in [0.1, 0.15) is 26.7 Å². The van der Waals surface area contributed by atoms with Gasteiger partial charge in [-0.05, 0) is 25.8 Å². The minimum absolute atomic E-state index is 0.127. The van der Waals surface area contributed by atoms with E-state index in [1.807, 2.05) is 0 Å². The van der Waals surface area contributed by atoms with Gasteiger partial charge in [0.15, 0.2) is 0 Å². The SMILES string of the molecule is C=C(CCC(=O)N(C)OC)C(C)(C)O. The summed E-state index contributed by atoms with van der Waals surface area (Å²) in [5.41, 5.74) is -0.276. The van der Waals surface area contributed by atoms with Crippen LogP contribution >= 0.6 is 0 Å². The predicted molar refractivity (Wildman–Crippen MR) is 54.5 cm³/mol. The highest BCUT2D eigenvalue weighted by Crippen LogP contribution is 2.18. The molecule has 0 heterocycles. The lowest BCUT2D eigenvalue weighted by Crippen LogP contribution is -2.27. The molecule has 0 aliphatic heterocycles. The molecule has 0 rings (SSSR count). The minimum atomic E-state index is -0.925. The molecule has 0 aromatic rings. The lowest BCUT2D eigenvalue weighted by Gasteiger charge is -2.21. The highest BCUT2D eigenvalue weighted by atomic mass is 16.7. The van der Waals surface area contributed by atoms with Gasteiger partial charge >= 0.3 is 0 Å². The lowest BCUT2D eigenvalue weighted by molar-refractivity contribution is -0.168. The molecule has 1 amide bonds. The van der Waals surface area contributed by atoms with Crippen LogP contribution in [-0.2, 0) is 9.63 Å². The number of hydrogen-bond acceptors (Lipinski definition) is 3. The van der Waals surface area contributed by atoms with Gasteiger partial charge in [0.05, 0.1) is 12.7 Å². The molecule has 0 atom stereocenters. The van der Waals surface area contributed by atoms with E-state index in [2.05, 4.69) is 6.58 Å². The van der Waals surface area contributed by atoms with Crippen molar-refractivity contribution < 1.29 is 14.7 Å². The Bertz CT molecular complexity index is 218. The van der Waals surface area contributed by atoms with Crippen LogP contribution in [0.15, 0.2) is 12.2 Å². The molecule has 0 saturated heterocycles. The van der Waals surface area contributed by atoms with E-state index in [4.69, 9.17) is 4.84 Å². The zero-order chi connectivity index (χ0) is 11.4. The first-order chi connectivity index (χ1) is 6.29. The second kappa shape index (κ2) is 5.12. The largest absolute Gasteiger partial charge is 0.386 e. The van der Waals surface area contributed by atoms with E-state index in [0.717, 1.165) is 5.06 Å². The van der Waals surface area contributed by atoms with Gasteiger partial charge in [-0.1, -0.05) is 6.58 Å². The smallest absolute Gasteiger partial charge is 0.246 e. The summed E-state index contributed by atoms with van der Waals surface area (Å²) in [6.07, 6.45) is 0.767. The van der Waals surface area contributed by atoms with E-state index >= 15 is 0 Å². The van der Waals surface area contributed by atoms with Crippen molar-refractivity contribution in [3.05, 3.63) is 12.2 Å². The van der Waals surface area contributed by atoms with Crippen molar-refractivity contribution in [1.82, 2.24) is 5.06 Å². The molecule has 0 aromatic heterocycles. The molecule has 0 unspecified atom stereocenters. The van der Waals surface area contributed by atoms with Crippen LogP contribution in [0.2, 0.25) is 0 Å². The fourth-order valence-corrected chi connectivity index (χ4v) is 0.823. The Morgan fingerprint density at radius 1 is 1.50 bits per heavy atom. The van der Waals surface area contributed by atoms with Crippen LogP contribution in [0.5, 0.6) is 0 Å². The van der Waals surface area contributed by atoms with Gasteiger partial charge < -0.3 is 5.11 Å². The molecule has 0 bridgehead atoms. The van der Waals surface area contributed by atoms with Crippen LogP contribution in [0.3, 0.4) is 0 Å². The molecular formula is C10H19NO3. The summed E-state index contributed by atoms with van der Waals surface area (Å²) < 4.78 is 0. The summed E-state index contributed by atoms with van der Waals surface area (Å²) in [6, 6.07) is 0. The molecule has 0 spiro atoms. The van der Waals surface area contributed by atoms with Crippen molar-refractivity contribution in [2.75, 3.05) is 14.2 Å². The Labute approximate surface area is 85.1 Å². The normalized spacial score (nSPS) is 11.2. The number of amides is 1. The molecule has 0 saturated carbocycles. The third kappa shape index (κ3) is 4.39. The number of nitrogens with zero attached hydrogens (tertiary/aromatic N) is 1. The molecule has 0 aliphatic carbocycles. The van der Waals surface area contributed by atoms with Gasteiger partial charge in [-0.25, -0.2) is 5.06 Å². The number of hydroxylamine groups is 2. The van der Waals surface area contributed by atoms with Crippen LogP contribution in [-0.4, -0.2) is 35.8 Å². The van der Waals surface area contributed by atoms with E-state index in [1.165, 1.54) is 7.11 Å². The van der Waals surface area contributed by atoms with Gasteiger partial charge in [0.2, 0.25) is 5.91 Å². The summed E-state index contributed by atoms with van der Waals surface area (Å²) in [5.74, 6) is -0.127. The third-order valence-electron chi connectivity index (χ3n) is 2.13. The summed E-state index contributed by atoms with van der Waals surface area (Å²) in [7, 11) is 2.98. The second-order valence-corrected chi connectivity index (χ2v) is 3.74. The number of hydrogen-bond donors (Lipinski definition) is 1. The maximum Gasteiger partial charge on any atom is 0.246 e. The molecule has 0 aromatic carbocycles. The van der Waals surface area contributed by atoms with E-state index in [9.17, 15) is 9.90 Å². The maximum absolute atomic E-state index is 11.3. The molecule has 14 heavy (non-hydrogen) atoms. The molecule has 0 fully saturated rings. The quantitative estimate of drug-likeness (QED) is 0.535. The average molecular weight is 201 g/mol. The molecular weight excluding hydrogens is 182 g/mol. The first-order valence-electron chi connectivity index (χ1n) is 4.50. The van der Waals surface area contributed by atoms with Crippen molar-refractivity contribution in [2.45, 2.75) is 32.3 Å². The van der Waals surface area contributed by atoms with E-state index in [0.29, 0.717) is 18.4 Å². The van der Waals surface area contributed by atoms with E-state index in [-0.39, 0.29) is 5.91 Å². The van der Waals surface area contributed by atoms with Crippen molar-refractivity contribution in [3.63, 3.8) is 0 Å². The highest BCUT2D eigenvalue weighted by Gasteiger charge is 2.18. The number of rotatable bonds is 5. The Kier molecular flexibility index (Phi) is 4.80. The lowest BCUT2D eigenvalue weighted by atomic mass is 9.95. The Morgan fingerprint density at radius 3 is 2.36 bits per heavy atom. The van der Waals surface area contributed by atoms with Gasteiger partial charge in [0.25, 0.3) is 0 Å². The summed E-state index contributed by atoms with van der Waals surface area (Å²) in [4.78, 5) is 16.0. The molecule has 0 aliphatic rings. The predicted octanol–water partition coefficient (Wildman–Crippen LogP) is 1.11. The number of aliphatic hydroxyl groups is 1.